The van der Waals surface area contributed by atoms with Gasteiger partial charge in [-0.1, -0.05) is 34.1 Å². The Morgan fingerprint density at radius 2 is 1.93 bits per heavy atom. The van der Waals surface area contributed by atoms with Crippen molar-refractivity contribution in [3.63, 3.8) is 0 Å². The first-order valence-corrected chi connectivity index (χ1v) is 8.61. The lowest BCUT2D eigenvalue weighted by Gasteiger charge is -2.14. The molecule has 0 aliphatic carbocycles. The predicted molar refractivity (Wildman–Crippen MR) is 96.4 cm³/mol. The number of H-pyrrole nitrogens is 1. The quantitative estimate of drug-likeness (QED) is 0.551. The number of ether oxygens (including phenoxy) is 1. The molecule has 142 valence electrons. The summed E-state index contributed by atoms with van der Waals surface area (Å²) in [6.07, 6.45) is -4.29. The molecular weight excluding hydrogens is 429 g/mol. The summed E-state index contributed by atoms with van der Waals surface area (Å²) in [6, 6.07) is 10.3. The van der Waals surface area contributed by atoms with Gasteiger partial charge in [-0.15, -0.1) is 13.2 Å². The number of halogens is 4. The summed E-state index contributed by atoms with van der Waals surface area (Å²) in [4.78, 5) is 15.4. The molecule has 0 aliphatic heterocycles. The number of fused-ring (bicyclic) bond motifs is 1. The predicted octanol–water partition coefficient (Wildman–Crippen LogP) is 4.29. The minimum Gasteiger partial charge on any atom is -0.406 e. The fourth-order valence-electron chi connectivity index (χ4n) is 2.61. The monoisotopic (exact) mass is 442 g/mol. The number of aromatic nitrogens is 1. The maximum absolute atomic E-state index is 12.4. The van der Waals surface area contributed by atoms with E-state index in [-0.39, 0.29) is 18.2 Å². The number of benzene rings is 2. The van der Waals surface area contributed by atoms with Crippen LogP contribution in [0.5, 0.6) is 5.75 Å². The van der Waals surface area contributed by atoms with Crippen LogP contribution in [0.15, 0.2) is 53.1 Å². The third kappa shape index (κ3) is 4.61. The van der Waals surface area contributed by atoms with E-state index in [1.807, 2.05) is 18.2 Å². The number of alkyl halides is 3. The van der Waals surface area contributed by atoms with Gasteiger partial charge in [-0.2, -0.15) is 0 Å². The number of aliphatic hydroxyl groups is 1. The summed E-state index contributed by atoms with van der Waals surface area (Å²) in [5, 5.41) is 13.5. The largest absolute Gasteiger partial charge is 0.573 e. The standard InChI is InChI=1S/C18H14BrF3N2O3/c19-13-2-1-3-14-16(13)12(8-23-14)17(26)24-9-15(25)10-4-6-11(7-5-10)27-18(20,21)22/h1-8,15,23,25H,9H2,(H,24,26)/t15-/m0/s1. The second-order valence-electron chi connectivity index (χ2n) is 5.71. The average molecular weight is 443 g/mol. The van der Waals surface area contributed by atoms with Crippen LogP contribution in [0, 0.1) is 0 Å². The molecule has 1 heterocycles. The van der Waals surface area contributed by atoms with E-state index in [1.54, 1.807) is 6.20 Å². The van der Waals surface area contributed by atoms with Crippen molar-refractivity contribution < 1.29 is 27.8 Å². The molecule has 3 aromatic rings. The summed E-state index contributed by atoms with van der Waals surface area (Å²) < 4.78 is 41.0. The molecule has 1 atom stereocenters. The van der Waals surface area contributed by atoms with Gasteiger partial charge in [0.25, 0.3) is 5.91 Å². The van der Waals surface area contributed by atoms with Crippen LogP contribution in [0.25, 0.3) is 10.9 Å². The minimum atomic E-state index is -4.78. The number of carbonyl (C=O) groups is 1. The van der Waals surface area contributed by atoms with Crippen molar-refractivity contribution in [1.82, 2.24) is 10.3 Å². The van der Waals surface area contributed by atoms with E-state index in [4.69, 9.17) is 0 Å². The Morgan fingerprint density at radius 3 is 2.59 bits per heavy atom. The van der Waals surface area contributed by atoms with Gasteiger partial charge >= 0.3 is 6.36 Å². The lowest BCUT2D eigenvalue weighted by atomic mass is 10.1. The number of nitrogens with one attached hydrogen (secondary N) is 2. The van der Waals surface area contributed by atoms with Crippen LogP contribution in [0.1, 0.15) is 22.0 Å². The number of hydrogen-bond donors (Lipinski definition) is 3. The van der Waals surface area contributed by atoms with E-state index >= 15 is 0 Å². The van der Waals surface area contributed by atoms with E-state index in [9.17, 15) is 23.1 Å². The van der Waals surface area contributed by atoms with E-state index in [2.05, 4.69) is 31.0 Å². The van der Waals surface area contributed by atoms with Crippen molar-refractivity contribution in [1.29, 1.82) is 0 Å². The summed E-state index contributed by atoms with van der Waals surface area (Å²) in [5.74, 6) is -0.768. The Morgan fingerprint density at radius 1 is 1.22 bits per heavy atom. The lowest BCUT2D eigenvalue weighted by molar-refractivity contribution is -0.274. The van der Waals surface area contributed by atoms with Gasteiger partial charge in [-0.3, -0.25) is 4.79 Å². The van der Waals surface area contributed by atoms with Gasteiger partial charge in [0.05, 0.1) is 11.7 Å². The van der Waals surface area contributed by atoms with E-state index in [0.717, 1.165) is 27.5 Å². The van der Waals surface area contributed by atoms with Gasteiger partial charge in [0.2, 0.25) is 0 Å². The Labute approximate surface area is 160 Å². The molecule has 0 saturated carbocycles. The van der Waals surface area contributed by atoms with Crippen LogP contribution in [0.4, 0.5) is 13.2 Å². The lowest BCUT2D eigenvalue weighted by Crippen LogP contribution is -2.28. The van der Waals surface area contributed by atoms with Crippen molar-refractivity contribution in [3.05, 3.63) is 64.3 Å². The summed E-state index contributed by atoms with van der Waals surface area (Å²) in [5.41, 5.74) is 1.55. The van der Waals surface area contributed by atoms with E-state index in [0.29, 0.717) is 11.1 Å². The molecule has 1 amide bonds. The molecule has 0 aliphatic rings. The van der Waals surface area contributed by atoms with Crippen LogP contribution < -0.4 is 10.1 Å². The third-order valence-corrected chi connectivity index (χ3v) is 4.51. The molecule has 9 heteroatoms. The number of carbonyl (C=O) groups excluding carboxylic acids is 1. The van der Waals surface area contributed by atoms with Crippen LogP contribution >= 0.6 is 15.9 Å². The fraction of sp³-hybridized carbons (Fsp3) is 0.167. The molecule has 3 rings (SSSR count). The zero-order valence-corrected chi connectivity index (χ0v) is 15.3. The van der Waals surface area contributed by atoms with Crippen molar-refractivity contribution in [2.45, 2.75) is 12.5 Å². The van der Waals surface area contributed by atoms with Crippen LogP contribution in [0.2, 0.25) is 0 Å². The molecule has 0 radical (unpaired) electrons. The SMILES string of the molecule is O=C(NC[C@H](O)c1ccc(OC(F)(F)F)cc1)c1c[nH]c2cccc(Br)c12. The minimum absolute atomic E-state index is 0.102. The van der Waals surface area contributed by atoms with E-state index in [1.165, 1.54) is 12.1 Å². The molecular formula is C18H14BrF3N2O3. The number of rotatable bonds is 5. The first kappa shape index (κ1) is 19.2. The van der Waals surface area contributed by atoms with Gasteiger partial charge < -0.3 is 20.1 Å². The van der Waals surface area contributed by atoms with E-state index < -0.39 is 12.5 Å². The smallest absolute Gasteiger partial charge is 0.406 e. The number of amides is 1. The van der Waals surface area contributed by atoms with Crippen molar-refractivity contribution in [3.8, 4) is 5.75 Å². The van der Waals surface area contributed by atoms with Crippen molar-refractivity contribution in [2.24, 2.45) is 0 Å². The highest BCUT2D eigenvalue weighted by Gasteiger charge is 2.31. The Hall–Kier alpha value is -2.52. The molecule has 0 spiro atoms. The number of hydrogen-bond acceptors (Lipinski definition) is 3. The Bertz CT molecular complexity index is 955. The number of aromatic amines is 1. The second-order valence-corrected chi connectivity index (χ2v) is 6.56. The van der Waals surface area contributed by atoms with Crippen LogP contribution in [-0.2, 0) is 0 Å². The Kier molecular flexibility index (Phi) is 5.43. The number of aliphatic hydroxyl groups excluding tert-OH is 1. The normalized spacial score (nSPS) is 12.8. The molecule has 0 bridgehead atoms. The first-order chi connectivity index (χ1) is 12.7. The van der Waals surface area contributed by atoms with Gasteiger partial charge in [-0.05, 0) is 29.8 Å². The molecule has 27 heavy (non-hydrogen) atoms. The highest BCUT2D eigenvalue weighted by Crippen LogP contribution is 2.27. The second kappa shape index (κ2) is 7.61. The summed E-state index contributed by atoms with van der Waals surface area (Å²) >= 11 is 3.40. The molecule has 0 fully saturated rings. The zero-order valence-electron chi connectivity index (χ0n) is 13.7. The average Bonchev–Trinajstić information content (AvgIpc) is 3.04. The van der Waals surface area contributed by atoms with Gasteiger partial charge in [0.1, 0.15) is 5.75 Å². The maximum atomic E-state index is 12.4. The van der Waals surface area contributed by atoms with Gasteiger partial charge in [0.15, 0.2) is 0 Å². The molecule has 1 aromatic heterocycles. The molecule has 0 unspecified atom stereocenters. The highest BCUT2D eigenvalue weighted by atomic mass is 79.9. The summed E-state index contributed by atoms with van der Waals surface area (Å²) in [6.45, 7) is -0.102. The maximum Gasteiger partial charge on any atom is 0.573 e. The van der Waals surface area contributed by atoms with Crippen LogP contribution in [0.3, 0.4) is 0 Å². The molecule has 0 saturated heterocycles. The topological polar surface area (TPSA) is 74.3 Å². The zero-order chi connectivity index (χ0) is 19.6. The van der Waals surface area contributed by atoms with Crippen molar-refractivity contribution in [2.75, 3.05) is 6.54 Å². The van der Waals surface area contributed by atoms with Crippen LogP contribution in [-0.4, -0.2) is 28.9 Å². The third-order valence-electron chi connectivity index (χ3n) is 3.85. The van der Waals surface area contributed by atoms with Gasteiger partial charge in [0, 0.05) is 28.1 Å². The van der Waals surface area contributed by atoms with Crippen molar-refractivity contribution >= 4 is 32.7 Å². The highest BCUT2D eigenvalue weighted by molar-refractivity contribution is 9.10. The molecule has 5 nitrogen and oxygen atoms in total. The first-order valence-electron chi connectivity index (χ1n) is 7.82. The molecule has 3 N–H and O–H groups in total. The molecule has 2 aromatic carbocycles. The fourth-order valence-corrected chi connectivity index (χ4v) is 3.19. The summed E-state index contributed by atoms with van der Waals surface area (Å²) in [7, 11) is 0. The van der Waals surface area contributed by atoms with Gasteiger partial charge in [-0.25, -0.2) is 0 Å². The Balaban J connectivity index is 1.64.